The van der Waals surface area contributed by atoms with Crippen molar-refractivity contribution in [2.45, 2.75) is 32.7 Å². The van der Waals surface area contributed by atoms with Crippen LogP contribution in [0.2, 0.25) is 0 Å². The zero-order chi connectivity index (χ0) is 19.3. The van der Waals surface area contributed by atoms with Crippen LogP contribution in [0.15, 0.2) is 61.2 Å². The number of hydrogen-bond donors (Lipinski definition) is 2. The van der Waals surface area contributed by atoms with Gasteiger partial charge < -0.3 is 10.6 Å². The zero-order valence-corrected chi connectivity index (χ0v) is 15.7. The lowest BCUT2D eigenvalue weighted by atomic mass is 9.87. The fourth-order valence-corrected chi connectivity index (χ4v) is 2.48. The molecule has 27 heavy (non-hydrogen) atoms. The number of pyridine rings is 1. The van der Waals surface area contributed by atoms with Crippen LogP contribution < -0.4 is 10.6 Å². The maximum atomic E-state index is 12.3. The third-order valence-electron chi connectivity index (χ3n) is 4.12. The Labute approximate surface area is 159 Å². The highest BCUT2D eigenvalue weighted by atomic mass is 16.1. The van der Waals surface area contributed by atoms with Crippen molar-refractivity contribution in [1.82, 2.24) is 15.0 Å². The third-order valence-corrected chi connectivity index (χ3v) is 4.12. The van der Waals surface area contributed by atoms with Crippen molar-refractivity contribution < 1.29 is 4.79 Å². The summed E-state index contributed by atoms with van der Waals surface area (Å²) < 4.78 is 0. The van der Waals surface area contributed by atoms with Gasteiger partial charge in [-0.25, -0.2) is 9.97 Å². The van der Waals surface area contributed by atoms with E-state index in [-0.39, 0.29) is 17.0 Å². The molecule has 0 saturated carbocycles. The van der Waals surface area contributed by atoms with Crippen LogP contribution in [0.5, 0.6) is 0 Å². The maximum Gasteiger partial charge on any atom is 0.275 e. The van der Waals surface area contributed by atoms with E-state index in [0.29, 0.717) is 12.4 Å². The lowest BCUT2D eigenvalue weighted by Gasteiger charge is -2.19. The van der Waals surface area contributed by atoms with Gasteiger partial charge in [0.25, 0.3) is 5.91 Å². The quantitative estimate of drug-likeness (QED) is 0.717. The number of aromatic nitrogens is 3. The summed E-state index contributed by atoms with van der Waals surface area (Å²) in [6, 6.07) is 11.7. The summed E-state index contributed by atoms with van der Waals surface area (Å²) in [6.45, 7) is 7.07. The second kappa shape index (κ2) is 7.95. The minimum absolute atomic E-state index is 0.0765. The van der Waals surface area contributed by atoms with Gasteiger partial charge in [0, 0.05) is 24.6 Å². The second-order valence-corrected chi connectivity index (χ2v) is 7.28. The molecule has 0 aliphatic carbocycles. The van der Waals surface area contributed by atoms with Crippen LogP contribution in [0.4, 0.5) is 11.5 Å². The Morgan fingerprint density at radius 2 is 1.67 bits per heavy atom. The van der Waals surface area contributed by atoms with Crippen molar-refractivity contribution in [2.24, 2.45) is 0 Å². The first-order valence-corrected chi connectivity index (χ1v) is 8.78. The Morgan fingerprint density at radius 1 is 0.963 bits per heavy atom. The standard InChI is InChI=1S/C21H23N5O/c1-21(2,3)16-4-6-17(7-5-16)26-20(27)18-13-25-19(14-23-18)24-12-15-8-10-22-11-9-15/h4-11,13-14H,12H2,1-3H3,(H,24,25)(H,26,27). The number of carbonyl (C=O) groups excluding carboxylic acids is 1. The Morgan fingerprint density at radius 3 is 2.26 bits per heavy atom. The van der Waals surface area contributed by atoms with Crippen LogP contribution in [0.25, 0.3) is 0 Å². The molecule has 0 spiro atoms. The Bertz CT molecular complexity index is 885. The van der Waals surface area contributed by atoms with E-state index >= 15 is 0 Å². The summed E-state index contributed by atoms with van der Waals surface area (Å²) in [5.41, 5.74) is 3.38. The summed E-state index contributed by atoms with van der Waals surface area (Å²) in [6.07, 6.45) is 6.50. The highest BCUT2D eigenvalue weighted by Crippen LogP contribution is 2.23. The normalized spacial score (nSPS) is 11.1. The average Bonchev–Trinajstić information content (AvgIpc) is 2.67. The molecule has 6 heteroatoms. The lowest BCUT2D eigenvalue weighted by molar-refractivity contribution is 0.102. The minimum Gasteiger partial charge on any atom is -0.365 e. The van der Waals surface area contributed by atoms with Gasteiger partial charge in [-0.3, -0.25) is 9.78 Å². The largest absolute Gasteiger partial charge is 0.365 e. The van der Waals surface area contributed by atoms with Crippen LogP contribution in [-0.4, -0.2) is 20.9 Å². The smallest absolute Gasteiger partial charge is 0.275 e. The third kappa shape index (κ3) is 5.10. The van der Waals surface area contributed by atoms with E-state index in [4.69, 9.17) is 0 Å². The van der Waals surface area contributed by atoms with Crippen molar-refractivity contribution in [1.29, 1.82) is 0 Å². The summed E-state index contributed by atoms with van der Waals surface area (Å²) >= 11 is 0. The van der Waals surface area contributed by atoms with Gasteiger partial charge in [-0.15, -0.1) is 0 Å². The summed E-state index contributed by atoms with van der Waals surface area (Å²) in [5, 5.41) is 6.01. The molecule has 2 heterocycles. The summed E-state index contributed by atoms with van der Waals surface area (Å²) in [4.78, 5) is 24.8. The van der Waals surface area contributed by atoms with E-state index in [9.17, 15) is 4.79 Å². The van der Waals surface area contributed by atoms with E-state index in [1.165, 1.54) is 11.8 Å². The van der Waals surface area contributed by atoms with E-state index < -0.39 is 0 Å². The number of amides is 1. The molecule has 3 aromatic rings. The van der Waals surface area contributed by atoms with Crippen LogP contribution >= 0.6 is 0 Å². The average molecular weight is 361 g/mol. The van der Waals surface area contributed by atoms with Gasteiger partial charge in [0.1, 0.15) is 11.5 Å². The fraction of sp³-hybridized carbons (Fsp3) is 0.238. The number of nitrogens with zero attached hydrogens (tertiary/aromatic N) is 3. The molecule has 0 unspecified atom stereocenters. The number of benzene rings is 1. The first-order valence-electron chi connectivity index (χ1n) is 8.78. The van der Waals surface area contributed by atoms with Crippen LogP contribution in [0, 0.1) is 0 Å². The predicted molar refractivity (Wildman–Crippen MR) is 107 cm³/mol. The van der Waals surface area contributed by atoms with Crippen molar-refractivity contribution in [2.75, 3.05) is 10.6 Å². The first kappa shape index (κ1) is 18.5. The molecule has 138 valence electrons. The summed E-state index contributed by atoms with van der Waals surface area (Å²) in [7, 11) is 0. The molecule has 0 saturated heterocycles. The minimum atomic E-state index is -0.285. The zero-order valence-electron chi connectivity index (χ0n) is 15.7. The SMILES string of the molecule is CC(C)(C)c1ccc(NC(=O)c2cnc(NCc3ccncc3)cn2)cc1. The van der Waals surface area contributed by atoms with Gasteiger partial charge in [0.15, 0.2) is 0 Å². The van der Waals surface area contributed by atoms with Gasteiger partial charge in [-0.2, -0.15) is 0 Å². The molecule has 0 fully saturated rings. The molecule has 1 amide bonds. The number of carbonyl (C=O) groups is 1. The number of hydrogen-bond acceptors (Lipinski definition) is 5. The maximum absolute atomic E-state index is 12.3. The predicted octanol–water partition coefficient (Wildman–Crippen LogP) is 4.03. The van der Waals surface area contributed by atoms with E-state index in [1.54, 1.807) is 18.6 Å². The molecule has 6 nitrogen and oxygen atoms in total. The van der Waals surface area contributed by atoms with Gasteiger partial charge >= 0.3 is 0 Å². The van der Waals surface area contributed by atoms with Gasteiger partial charge in [0.2, 0.25) is 0 Å². The van der Waals surface area contributed by atoms with Crippen molar-refractivity contribution in [3.8, 4) is 0 Å². The highest BCUT2D eigenvalue weighted by Gasteiger charge is 2.14. The highest BCUT2D eigenvalue weighted by molar-refractivity contribution is 6.02. The van der Waals surface area contributed by atoms with Crippen molar-refractivity contribution in [3.05, 3.63) is 78.0 Å². The fourth-order valence-electron chi connectivity index (χ4n) is 2.48. The lowest BCUT2D eigenvalue weighted by Crippen LogP contribution is -2.15. The molecule has 0 aliphatic rings. The Hall–Kier alpha value is -3.28. The molecule has 0 radical (unpaired) electrons. The molecule has 0 bridgehead atoms. The van der Waals surface area contributed by atoms with Crippen LogP contribution in [0.1, 0.15) is 42.4 Å². The first-order chi connectivity index (χ1) is 12.9. The molecule has 2 aromatic heterocycles. The number of anilines is 2. The molecular weight excluding hydrogens is 338 g/mol. The van der Waals surface area contributed by atoms with Crippen molar-refractivity contribution in [3.63, 3.8) is 0 Å². The van der Waals surface area contributed by atoms with Gasteiger partial charge in [-0.1, -0.05) is 32.9 Å². The Balaban J connectivity index is 1.58. The Kier molecular flexibility index (Phi) is 5.45. The van der Waals surface area contributed by atoms with E-state index in [2.05, 4.69) is 46.4 Å². The second-order valence-electron chi connectivity index (χ2n) is 7.28. The number of nitrogens with one attached hydrogen (secondary N) is 2. The number of rotatable bonds is 5. The monoisotopic (exact) mass is 361 g/mol. The summed E-state index contributed by atoms with van der Waals surface area (Å²) in [5.74, 6) is 0.324. The molecule has 1 aromatic carbocycles. The van der Waals surface area contributed by atoms with E-state index in [1.807, 2.05) is 36.4 Å². The molecular formula is C21H23N5O. The molecule has 3 rings (SSSR count). The van der Waals surface area contributed by atoms with Crippen molar-refractivity contribution >= 4 is 17.4 Å². The van der Waals surface area contributed by atoms with Gasteiger partial charge in [-0.05, 0) is 40.8 Å². The molecule has 2 N–H and O–H groups in total. The molecule has 0 aliphatic heterocycles. The molecule has 0 atom stereocenters. The van der Waals surface area contributed by atoms with Gasteiger partial charge in [0.05, 0.1) is 12.4 Å². The topological polar surface area (TPSA) is 79.8 Å². The van der Waals surface area contributed by atoms with Crippen LogP contribution in [-0.2, 0) is 12.0 Å². The van der Waals surface area contributed by atoms with Crippen LogP contribution in [0.3, 0.4) is 0 Å². The van der Waals surface area contributed by atoms with E-state index in [0.717, 1.165) is 11.3 Å².